The molecule has 1 aromatic carbocycles. The van der Waals surface area contributed by atoms with Crippen LogP contribution < -0.4 is 10.2 Å². The molecule has 3 heteroatoms. The summed E-state index contributed by atoms with van der Waals surface area (Å²) in [5.74, 6) is 0. The number of anilines is 1. The molecule has 0 amide bonds. The van der Waals surface area contributed by atoms with Crippen molar-refractivity contribution in [2.75, 3.05) is 18.0 Å². The van der Waals surface area contributed by atoms with Gasteiger partial charge in [0, 0.05) is 25.7 Å². The number of piperidine rings is 1. The Kier molecular flexibility index (Phi) is 3.91. The molecule has 1 heterocycles. The SMILES string of the molecule is CC1(C)CCCN(c2ccc(CNC3CC3)cc2C#N)C1. The molecule has 0 atom stereocenters. The van der Waals surface area contributed by atoms with E-state index in [0.717, 1.165) is 30.9 Å². The first-order valence-corrected chi connectivity index (χ1v) is 8.09. The third kappa shape index (κ3) is 3.57. The molecule has 1 aromatic rings. The first-order valence-electron chi connectivity index (χ1n) is 8.09. The average Bonchev–Trinajstić information content (AvgIpc) is 3.28. The van der Waals surface area contributed by atoms with Crippen molar-refractivity contribution in [1.82, 2.24) is 5.32 Å². The van der Waals surface area contributed by atoms with Crippen LogP contribution in [0, 0.1) is 16.7 Å². The number of rotatable bonds is 4. The fourth-order valence-electron chi connectivity index (χ4n) is 3.24. The van der Waals surface area contributed by atoms with Crippen molar-refractivity contribution in [2.24, 2.45) is 5.41 Å². The van der Waals surface area contributed by atoms with Crippen molar-refractivity contribution in [3.8, 4) is 6.07 Å². The van der Waals surface area contributed by atoms with Gasteiger partial charge in [-0.25, -0.2) is 0 Å². The summed E-state index contributed by atoms with van der Waals surface area (Å²) < 4.78 is 0. The van der Waals surface area contributed by atoms with Crippen LogP contribution in [0.25, 0.3) is 0 Å². The van der Waals surface area contributed by atoms with Gasteiger partial charge in [-0.2, -0.15) is 5.26 Å². The highest BCUT2D eigenvalue weighted by Gasteiger charge is 2.27. The van der Waals surface area contributed by atoms with E-state index in [1.807, 2.05) is 0 Å². The summed E-state index contributed by atoms with van der Waals surface area (Å²) in [6.07, 6.45) is 5.08. The van der Waals surface area contributed by atoms with Gasteiger partial charge in [0.05, 0.1) is 11.3 Å². The summed E-state index contributed by atoms with van der Waals surface area (Å²) >= 11 is 0. The summed E-state index contributed by atoms with van der Waals surface area (Å²) in [5, 5.41) is 13.0. The second kappa shape index (κ2) is 5.69. The first-order chi connectivity index (χ1) is 10.1. The lowest BCUT2D eigenvalue weighted by Gasteiger charge is -2.39. The monoisotopic (exact) mass is 283 g/mol. The molecule has 112 valence electrons. The Labute approximate surface area is 128 Å². The van der Waals surface area contributed by atoms with E-state index in [4.69, 9.17) is 0 Å². The zero-order valence-corrected chi connectivity index (χ0v) is 13.2. The highest BCUT2D eigenvalue weighted by molar-refractivity contribution is 5.61. The Morgan fingerprint density at radius 1 is 1.38 bits per heavy atom. The molecular weight excluding hydrogens is 258 g/mol. The quantitative estimate of drug-likeness (QED) is 0.920. The van der Waals surface area contributed by atoms with E-state index >= 15 is 0 Å². The summed E-state index contributed by atoms with van der Waals surface area (Å²) in [4.78, 5) is 2.39. The maximum Gasteiger partial charge on any atom is 0.101 e. The van der Waals surface area contributed by atoms with Gasteiger partial charge >= 0.3 is 0 Å². The molecule has 21 heavy (non-hydrogen) atoms. The standard InChI is InChI=1S/C18H25N3/c1-18(2)8-3-9-21(13-18)17-7-4-14(10-15(17)11-19)12-20-16-5-6-16/h4,7,10,16,20H,3,5-6,8-9,12-13H2,1-2H3. The van der Waals surface area contributed by atoms with Crippen molar-refractivity contribution >= 4 is 5.69 Å². The molecule has 2 aliphatic rings. The molecular formula is C18H25N3. The van der Waals surface area contributed by atoms with Crippen molar-refractivity contribution < 1.29 is 0 Å². The van der Waals surface area contributed by atoms with Crippen molar-refractivity contribution in [3.05, 3.63) is 29.3 Å². The van der Waals surface area contributed by atoms with E-state index in [1.54, 1.807) is 0 Å². The predicted molar refractivity (Wildman–Crippen MR) is 86.2 cm³/mol. The Hall–Kier alpha value is -1.53. The normalized spacial score (nSPS) is 21.1. The average molecular weight is 283 g/mol. The number of benzene rings is 1. The van der Waals surface area contributed by atoms with Crippen LogP contribution in [-0.4, -0.2) is 19.1 Å². The zero-order chi connectivity index (χ0) is 14.9. The summed E-state index contributed by atoms with van der Waals surface area (Å²) in [6.45, 7) is 7.63. The van der Waals surface area contributed by atoms with E-state index in [2.05, 4.69) is 48.3 Å². The van der Waals surface area contributed by atoms with Crippen LogP contribution in [0.15, 0.2) is 18.2 Å². The van der Waals surface area contributed by atoms with E-state index in [1.165, 1.54) is 31.2 Å². The highest BCUT2D eigenvalue weighted by Crippen LogP contribution is 2.33. The molecule has 0 bridgehead atoms. The van der Waals surface area contributed by atoms with E-state index < -0.39 is 0 Å². The predicted octanol–water partition coefficient (Wildman–Crippen LogP) is 3.44. The second-order valence-corrected chi connectivity index (χ2v) is 7.31. The number of nitrogens with zero attached hydrogens (tertiary/aromatic N) is 2. The Balaban J connectivity index is 1.76. The zero-order valence-electron chi connectivity index (χ0n) is 13.2. The fraction of sp³-hybridized carbons (Fsp3) is 0.611. The smallest absolute Gasteiger partial charge is 0.101 e. The number of hydrogen-bond donors (Lipinski definition) is 1. The molecule has 1 aliphatic carbocycles. The van der Waals surface area contributed by atoms with Gasteiger partial charge in [-0.15, -0.1) is 0 Å². The molecule has 3 rings (SSSR count). The van der Waals surface area contributed by atoms with Crippen LogP contribution >= 0.6 is 0 Å². The lowest BCUT2D eigenvalue weighted by atomic mass is 9.84. The van der Waals surface area contributed by atoms with Gasteiger partial charge in [-0.3, -0.25) is 0 Å². The van der Waals surface area contributed by atoms with Gasteiger partial charge in [-0.05, 0) is 48.8 Å². The van der Waals surface area contributed by atoms with E-state index in [-0.39, 0.29) is 0 Å². The summed E-state index contributed by atoms with van der Waals surface area (Å²) in [5.41, 5.74) is 3.50. The Bertz CT molecular complexity index is 552. The highest BCUT2D eigenvalue weighted by atomic mass is 15.1. The third-order valence-corrected chi connectivity index (χ3v) is 4.59. The van der Waals surface area contributed by atoms with Crippen molar-refractivity contribution in [1.29, 1.82) is 5.26 Å². The molecule has 1 aliphatic heterocycles. The minimum absolute atomic E-state index is 0.344. The van der Waals surface area contributed by atoms with Crippen LogP contribution in [-0.2, 0) is 6.54 Å². The van der Waals surface area contributed by atoms with Gasteiger partial charge in [-0.1, -0.05) is 19.9 Å². The molecule has 0 unspecified atom stereocenters. The summed E-state index contributed by atoms with van der Waals surface area (Å²) in [6, 6.07) is 9.48. The first kappa shape index (κ1) is 14.4. The van der Waals surface area contributed by atoms with Crippen molar-refractivity contribution in [3.63, 3.8) is 0 Å². The largest absolute Gasteiger partial charge is 0.370 e. The van der Waals surface area contributed by atoms with Gasteiger partial charge < -0.3 is 10.2 Å². The minimum atomic E-state index is 0.344. The third-order valence-electron chi connectivity index (χ3n) is 4.59. The fourth-order valence-corrected chi connectivity index (χ4v) is 3.24. The molecule has 3 nitrogen and oxygen atoms in total. The van der Waals surface area contributed by atoms with E-state index in [9.17, 15) is 5.26 Å². The molecule has 0 radical (unpaired) electrons. The van der Waals surface area contributed by atoms with Crippen LogP contribution in [0.4, 0.5) is 5.69 Å². The minimum Gasteiger partial charge on any atom is -0.370 e. The van der Waals surface area contributed by atoms with Crippen LogP contribution in [0.3, 0.4) is 0 Å². The Morgan fingerprint density at radius 3 is 2.86 bits per heavy atom. The van der Waals surface area contributed by atoms with Crippen LogP contribution in [0.1, 0.15) is 50.7 Å². The molecule has 1 N–H and O–H groups in total. The van der Waals surface area contributed by atoms with Gasteiger partial charge in [0.1, 0.15) is 6.07 Å². The maximum absolute atomic E-state index is 9.50. The van der Waals surface area contributed by atoms with Gasteiger partial charge in [0.15, 0.2) is 0 Å². The lowest BCUT2D eigenvalue weighted by molar-refractivity contribution is 0.293. The Morgan fingerprint density at radius 2 is 2.19 bits per heavy atom. The number of nitriles is 1. The van der Waals surface area contributed by atoms with Crippen LogP contribution in [0.2, 0.25) is 0 Å². The molecule has 1 saturated heterocycles. The van der Waals surface area contributed by atoms with E-state index in [0.29, 0.717) is 11.5 Å². The maximum atomic E-state index is 9.50. The molecule has 0 aromatic heterocycles. The van der Waals surface area contributed by atoms with Crippen LogP contribution in [0.5, 0.6) is 0 Å². The molecule has 1 saturated carbocycles. The number of hydrogen-bond acceptors (Lipinski definition) is 3. The molecule has 2 fully saturated rings. The summed E-state index contributed by atoms with van der Waals surface area (Å²) in [7, 11) is 0. The topological polar surface area (TPSA) is 39.1 Å². The number of nitrogens with one attached hydrogen (secondary N) is 1. The van der Waals surface area contributed by atoms with Crippen molar-refractivity contribution in [2.45, 2.75) is 52.1 Å². The second-order valence-electron chi connectivity index (χ2n) is 7.31. The molecule has 0 spiro atoms. The van der Waals surface area contributed by atoms with Gasteiger partial charge in [0.2, 0.25) is 0 Å². The lowest BCUT2D eigenvalue weighted by Crippen LogP contribution is -2.40. The van der Waals surface area contributed by atoms with Gasteiger partial charge in [0.25, 0.3) is 0 Å².